The first-order valence-electron chi connectivity index (χ1n) is 10.6. The Morgan fingerprint density at radius 1 is 1.24 bits per heavy atom. The SMILES string of the molecule is CCC(CO[P+](O)(O)O)OCn1cc(C#Cc2ccc(OCCNC(=O)C(F)(F)F)cc2)c(N)nc1=O. The third-order valence-electron chi connectivity index (χ3n) is 4.47. The van der Waals surface area contributed by atoms with Crippen LogP contribution in [0.4, 0.5) is 19.0 Å². The van der Waals surface area contributed by atoms with Crippen LogP contribution >= 0.6 is 8.17 Å². The van der Waals surface area contributed by atoms with Crippen LogP contribution in [0.1, 0.15) is 24.5 Å². The fourth-order valence-corrected chi connectivity index (χ4v) is 2.92. The number of carbonyl (C=O) groups is 1. The van der Waals surface area contributed by atoms with Gasteiger partial charge < -0.3 is 20.5 Å². The highest BCUT2D eigenvalue weighted by Crippen LogP contribution is 2.45. The summed E-state index contributed by atoms with van der Waals surface area (Å²) in [5.41, 5.74) is 5.82. The van der Waals surface area contributed by atoms with Gasteiger partial charge in [-0.2, -0.15) is 37.4 Å². The van der Waals surface area contributed by atoms with Crippen molar-refractivity contribution in [1.29, 1.82) is 0 Å². The third kappa shape index (κ3) is 10.7. The van der Waals surface area contributed by atoms with Gasteiger partial charge in [-0.25, -0.2) is 4.79 Å². The Morgan fingerprint density at radius 3 is 2.51 bits per heavy atom. The molecule has 0 saturated heterocycles. The predicted molar refractivity (Wildman–Crippen MR) is 125 cm³/mol. The summed E-state index contributed by atoms with van der Waals surface area (Å²) in [4.78, 5) is 53.3. The lowest BCUT2D eigenvalue weighted by atomic mass is 10.2. The second-order valence-electron chi connectivity index (χ2n) is 7.30. The van der Waals surface area contributed by atoms with Gasteiger partial charge in [-0.15, -0.1) is 0 Å². The molecule has 202 valence electrons. The lowest BCUT2D eigenvalue weighted by molar-refractivity contribution is -0.173. The van der Waals surface area contributed by atoms with Crippen molar-refractivity contribution in [2.75, 3.05) is 25.5 Å². The van der Waals surface area contributed by atoms with E-state index in [0.29, 0.717) is 17.7 Å². The van der Waals surface area contributed by atoms with E-state index in [4.69, 9.17) is 29.9 Å². The van der Waals surface area contributed by atoms with Crippen molar-refractivity contribution in [2.45, 2.75) is 32.4 Å². The molecule has 6 N–H and O–H groups in total. The van der Waals surface area contributed by atoms with E-state index in [1.807, 2.05) is 0 Å². The van der Waals surface area contributed by atoms with Crippen molar-refractivity contribution in [3.63, 3.8) is 0 Å². The monoisotopic (exact) mass is 549 g/mol. The minimum atomic E-state index is -4.96. The Labute approximate surface area is 209 Å². The van der Waals surface area contributed by atoms with Gasteiger partial charge in [0.1, 0.15) is 31.5 Å². The molecule has 0 saturated carbocycles. The molecule has 0 aliphatic heterocycles. The van der Waals surface area contributed by atoms with Crippen LogP contribution in [0.15, 0.2) is 35.3 Å². The number of rotatable bonds is 11. The van der Waals surface area contributed by atoms with Crippen molar-refractivity contribution in [1.82, 2.24) is 14.9 Å². The molecule has 1 atom stereocenters. The van der Waals surface area contributed by atoms with Crippen LogP contribution in [0.2, 0.25) is 0 Å². The molecule has 1 aromatic carbocycles. The molecule has 37 heavy (non-hydrogen) atoms. The van der Waals surface area contributed by atoms with Crippen molar-refractivity contribution < 1.29 is 46.6 Å². The molecular formula is C21H25F3N4O8P+. The number of hydrogen-bond donors (Lipinski definition) is 5. The number of halogens is 3. The van der Waals surface area contributed by atoms with Crippen LogP contribution < -0.4 is 21.5 Å². The van der Waals surface area contributed by atoms with E-state index in [9.17, 15) is 22.8 Å². The summed E-state index contributed by atoms with van der Waals surface area (Å²) in [7, 11) is -4.42. The number of nitrogens with two attached hydrogens (primary N) is 1. The number of nitrogens with one attached hydrogen (secondary N) is 1. The van der Waals surface area contributed by atoms with Crippen molar-refractivity contribution >= 4 is 19.9 Å². The lowest BCUT2D eigenvalue weighted by Gasteiger charge is -2.16. The first-order chi connectivity index (χ1) is 17.3. The molecule has 0 bridgehead atoms. The topological polar surface area (TPSA) is 178 Å². The molecule has 1 aromatic heterocycles. The number of hydrogen-bond acceptors (Lipinski definition) is 10. The number of nitrogen functional groups attached to an aromatic ring is 1. The number of carbonyl (C=O) groups excluding carboxylic acids is 1. The second-order valence-corrected chi connectivity index (χ2v) is 8.59. The maximum absolute atomic E-state index is 12.1. The first kappa shape index (κ1) is 30.0. The summed E-state index contributed by atoms with van der Waals surface area (Å²) in [6, 6.07) is 6.22. The molecule has 1 heterocycles. The smallest absolute Gasteiger partial charge is 0.492 e. The molecule has 2 rings (SSSR count). The fraction of sp³-hybridized carbons (Fsp3) is 0.381. The lowest BCUT2D eigenvalue weighted by Crippen LogP contribution is -2.38. The molecule has 0 radical (unpaired) electrons. The van der Waals surface area contributed by atoms with E-state index in [-0.39, 0.29) is 37.9 Å². The second kappa shape index (κ2) is 13.3. The molecule has 1 amide bonds. The highest BCUT2D eigenvalue weighted by molar-refractivity contribution is 7.53. The Hall–Kier alpha value is -3.25. The number of alkyl halides is 3. The van der Waals surface area contributed by atoms with Crippen LogP contribution in [-0.4, -0.2) is 62.2 Å². The number of nitrogens with zero attached hydrogens (tertiary/aromatic N) is 2. The molecule has 1 unspecified atom stereocenters. The van der Waals surface area contributed by atoms with Crippen LogP contribution in [0.5, 0.6) is 5.75 Å². The van der Waals surface area contributed by atoms with Gasteiger partial charge in [-0.3, -0.25) is 9.36 Å². The van der Waals surface area contributed by atoms with Gasteiger partial charge in [0.25, 0.3) is 0 Å². The Morgan fingerprint density at radius 2 is 1.92 bits per heavy atom. The normalized spacial score (nSPS) is 12.4. The zero-order valence-corrected chi connectivity index (χ0v) is 20.3. The van der Waals surface area contributed by atoms with Crippen molar-refractivity contribution in [2.24, 2.45) is 0 Å². The van der Waals surface area contributed by atoms with Gasteiger partial charge in [0.2, 0.25) is 0 Å². The van der Waals surface area contributed by atoms with Gasteiger partial charge in [0.05, 0.1) is 18.2 Å². The van der Waals surface area contributed by atoms with Crippen molar-refractivity contribution in [3.05, 3.63) is 52.1 Å². The quantitative estimate of drug-likeness (QED) is 0.152. The van der Waals surface area contributed by atoms with Crippen molar-refractivity contribution in [3.8, 4) is 17.6 Å². The summed E-state index contributed by atoms with van der Waals surface area (Å²) in [5.74, 6) is 3.79. The molecule has 16 heteroatoms. The fourth-order valence-electron chi connectivity index (χ4n) is 2.55. The maximum atomic E-state index is 12.1. The van der Waals surface area contributed by atoms with Crippen LogP contribution in [0.3, 0.4) is 0 Å². The molecule has 0 aliphatic rings. The number of benzene rings is 1. The first-order valence-corrected chi connectivity index (χ1v) is 12.1. The molecule has 2 aromatic rings. The Kier molecular flexibility index (Phi) is 10.8. The zero-order valence-electron chi connectivity index (χ0n) is 19.4. The summed E-state index contributed by atoms with van der Waals surface area (Å²) in [5, 5.41) is 1.69. The number of ether oxygens (including phenoxy) is 2. The van der Waals surface area contributed by atoms with E-state index in [0.717, 1.165) is 4.57 Å². The molecular weight excluding hydrogens is 524 g/mol. The molecule has 0 spiro atoms. The number of aromatic nitrogens is 2. The van der Waals surface area contributed by atoms with E-state index in [2.05, 4.69) is 21.3 Å². The van der Waals surface area contributed by atoms with E-state index in [1.165, 1.54) is 18.3 Å². The number of anilines is 1. The highest BCUT2D eigenvalue weighted by Gasteiger charge is 2.38. The van der Waals surface area contributed by atoms with Crippen LogP contribution in [-0.2, 0) is 20.8 Å². The minimum absolute atomic E-state index is 0.111. The molecule has 0 aliphatic carbocycles. The Bertz CT molecular complexity index is 1170. The van der Waals surface area contributed by atoms with Crippen LogP contribution in [0.25, 0.3) is 0 Å². The molecule has 0 fully saturated rings. The van der Waals surface area contributed by atoms with Gasteiger partial charge in [0, 0.05) is 11.8 Å². The van der Waals surface area contributed by atoms with E-state index >= 15 is 0 Å². The summed E-state index contributed by atoms with van der Waals surface area (Å²) >= 11 is 0. The molecule has 12 nitrogen and oxygen atoms in total. The number of amides is 1. The van der Waals surface area contributed by atoms with Crippen LogP contribution in [0, 0.1) is 11.8 Å². The average Bonchev–Trinajstić information content (AvgIpc) is 2.81. The van der Waals surface area contributed by atoms with Gasteiger partial charge in [0.15, 0.2) is 0 Å². The maximum Gasteiger partial charge on any atom is 0.567 e. The van der Waals surface area contributed by atoms with Gasteiger partial charge in [-0.05, 0) is 30.7 Å². The third-order valence-corrected chi connectivity index (χ3v) is 4.97. The minimum Gasteiger partial charge on any atom is -0.492 e. The summed E-state index contributed by atoms with van der Waals surface area (Å²) in [6.45, 7) is 0.630. The summed E-state index contributed by atoms with van der Waals surface area (Å²) < 4.78 is 52.8. The standard InChI is InChI=1S/C21H24F3N4O8P/c1-2-16(12-36-37(31,32)33)35-13-28-11-15(18(25)27-20(28)30)6-3-14-4-7-17(8-5-14)34-10-9-26-19(29)21(22,23)24/h4-5,7-8,11,16,31-33H,2,9-10,12-13H2,1H3,(H2-,25,26,27,29,30)/p+1. The van der Waals surface area contributed by atoms with Gasteiger partial charge >= 0.3 is 25.9 Å². The average molecular weight is 549 g/mol. The Balaban J connectivity index is 1.98. The van der Waals surface area contributed by atoms with E-state index < -0.39 is 32.0 Å². The predicted octanol–water partition coefficient (Wildman–Crippen LogP) is 0.706. The van der Waals surface area contributed by atoms with Gasteiger partial charge in [-0.1, -0.05) is 18.8 Å². The zero-order chi connectivity index (χ0) is 27.6. The summed E-state index contributed by atoms with van der Waals surface area (Å²) in [6.07, 6.45) is -3.90. The highest BCUT2D eigenvalue weighted by atomic mass is 31.2. The largest absolute Gasteiger partial charge is 0.567 e. The van der Waals surface area contributed by atoms with E-state index in [1.54, 1.807) is 24.4 Å².